The topological polar surface area (TPSA) is 118 Å². The summed E-state index contributed by atoms with van der Waals surface area (Å²) in [6.45, 7) is 3.24. The van der Waals surface area contributed by atoms with E-state index in [0.717, 1.165) is 0 Å². The molecule has 1 amide bonds. The Morgan fingerprint density at radius 3 is 2.35 bits per heavy atom. The third-order valence-electron chi connectivity index (χ3n) is 4.61. The van der Waals surface area contributed by atoms with Gasteiger partial charge in [0.1, 0.15) is 0 Å². The fourth-order valence-corrected chi connectivity index (χ4v) is 4.18. The summed E-state index contributed by atoms with van der Waals surface area (Å²) in [5.74, 6) is -0.538. The van der Waals surface area contributed by atoms with E-state index in [1.807, 2.05) is 0 Å². The highest BCUT2D eigenvalue weighted by Crippen LogP contribution is 2.25. The van der Waals surface area contributed by atoms with Crippen LogP contribution in [0.1, 0.15) is 21.5 Å². The van der Waals surface area contributed by atoms with Crippen LogP contribution in [-0.4, -0.2) is 19.2 Å². The van der Waals surface area contributed by atoms with Gasteiger partial charge in [-0.3, -0.25) is 19.6 Å². The predicted molar refractivity (Wildman–Crippen MR) is 119 cm³/mol. The van der Waals surface area contributed by atoms with Crippen LogP contribution in [0.3, 0.4) is 0 Å². The summed E-state index contributed by atoms with van der Waals surface area (Å²) < 4.78 is 27.8. The van der Waals surface area contributed by atoms with Crippen molar-refractivity contribution >= 4 is 44.6 Å². The number of carbonyl (C=O) groups excluding carboxylic acids is 1. The van der Waals surface area contributed by atoms with Crippen molar-refractivity contribution in [3.05, 3.63) is 92.5 Å². The van der Waals surface area contributed by atoms with Crippen LogP contribution in [0.5, 0.6) is 0 Å². The van der Waals surface area contributed by atoms with E-state index in [1.54, 1.807) is 19.1 Å². The SMILES string of the molecule is Cc1ccc(Cl)cc1NS(=O)(=O)c1ccc(NC(=O)c2cccc([N+](=O)[O-])c2C)cc1. The van der Waals surface area contributed by atoms with E-state index in [9.17, 15) is 23.3 Å². The van der Waals surface area contributed by atoms with Crippen molar-refractivity contribution in [3.8, 4) is 0 Å². The minimum atomic E-state index is -3.87. The molecule has 10 heteroatoms. The zero-order chi connectivity index (χ0) is 22.8. The fourth-order valence-electron chi connectivity index (χ4n) is 2.89. The van der Waals surface area contributed by atoms with Crippen molar-refractivity contribution < 1.29 is 18.1 Å². The van der Waals surface area contributed by atoms with E-state index in [1.165, 1.54) is 55.5 Å². The Bertz CT molecular complexity index is 1270. The van der Waals surface area contributed by atoms with E-state index in [-0.39, 0.29) is 21.7 Å². The molecule has 0 aliphatic rings. The number of benzene rings is 3. The molecule has 0 saturated carbocycles. The van der Waals surface area contributed by atoms with Gasteiger partial charge in [-0.15, -0.1) is 0 Å². The molecule has 0 radical (unpaired) electrons. The number of nitrogens with zero attached hydrogens (tertiary/aromatic N) is 1. The Kier molecular flexibility index (Phi) is 6.28. The largest absolute Gasteiger partial charge is 0.322 e. The average molecular weight is 460 g/mol. The van der Waals surface area contributed by atoms with Gasteiger partial charge in [0, 0.05) is 27.9 Å². The third kappa shape index (κ3) is 5.01. The van der Waals surface area contributed by atoms with E-state index in [2.05, 4.69) is 10.0 Å². The minimum absolute atomic E-state index is 0.00333. The number of carbonyl (C=O) groups is 1. The van der Waals surface area contributed by atoms with Gasteiger partial charge in [-0.25, -0.2) is 8.42 Å². The minimum Gasteiger partial charge on any atom is -0.322 e. The molecule has 3 rings (SSSR count). The van der Waals surface area contributed by atoms with Crippen LogP contribution in [0, 0.1) is 24.0 Å². The molecule has 160 valence electrons. The van der Waals surface area contributed by atoms with E-state index < -0.39 is 20.9 Å². The van der Waals surface area contributed by atoms with E-state index in [0.29, 0.717) is 22.0 Å². The van der Waals surface area contributed by atoms with Crippen LogP contribution < -0.4 is 10.0 Å². The van der Waals surface area contributed by atoms with Crippen LogP contribution >= 0.6 is 11.6 Å². The molecule has 2 N–H and O–H groups in total. The number of nitro benzene ring substituents is 1. The highest BCUT2D eigenvalue weighted by molar-refractivity contribution is 7.92. The van der Waals surface area contributed by atoms with Crippen LogP contribution in [0.2, 0.25) is 5.02 Å². The normalized spacial score (nSPS) is 11.1. The maximum atomic E-state index is 12.7. The Hall–Kier alpha value is -3.43. The standard InChI is InChI=1S/C21H18ClN3O5S/c1-13-6-7-15(22)12-19(13)24-31(29,30)17-10-8-16(9-11-17)23-21(26)18-4-3-5-20(14(18)2)25(27)28/h3-12,24H,1-2H3,(H,23,26). The van der Waals surface area contributed by atoms with Gasteiger partial charge >= 0.3 is 0 Å². The first-order valence-electron chi connectivity index (χ1n) is 9.03. The smallest absolute Gasteiger partial charge is 0.273 e. The quantitative estimate of drug-likeness (QED) is 0.400. The lowest BCUT2D eigenvalue weighted by Crippen LogP contribution is -2.15. The molecule has 31 heavy (non-hydrogen) atoms. The first-order valence-corrected chi connectivity index (χ1v) is 10.9. The number of hydrogen-bond acceptors (Lipinski definition) is 5. The van der Waals surface area contributed by atoms with Crippen molar-refractivity contribution in [2.24, 2.45) is 0 Å². The van der Waals surface area contributed by atoms with Crippen molar-refractivity contribution in [2.45, 2.75) is 18.7 Å². The molecule has 0 atom stereocenters. The lowest BCUT2D eigenvalue weighted by atomic mass is 10.1. The highest BCUT2D eigenvalue weighted by atomic mass is 35.5. The summed E-state index contributed by atoms with van der Waals surface area (Å²) in [7, 11) is -3.87. The lowest BCUT2D eigenvalue weighted by Gasteiger charge is -2.12. The number of anilines is 2. The summed E-state index contributed by atoms with van der Waals surface area (Å²) in [4.78, 5) is 23.0. The Morgan fingerprint density at radius 2 is 1.71 bits per heavy atom. The molecule has 0 aliphatic heterocycles. The van der Waals surface area contributed by atoms with Gasteiger partial charge in [0.15, 0.2) is 0 Å². The van der Waals surface area contributed by atoms with Crippen LogP contribution in [0.15, 0.2) is 65.6 Å². The Balaban J connectivity index is 1.79. The summed E-state index contributed by atoms with van der Waals surface area (Å²) >= 11 is 5.94. The lowest BCUT2D eigenvalue weighted by molar-refractivity contribution is -0.385. The molecule has 8 nitrogen and oxygen atoms in total. The number of rotatable bonds is 6. The van der Waals surface area contributed by atoms with Gasteiger partial charge in [0.25, 0.3) is 21.6 Å². The van der Waals surface area contributed by atoms with Crippen molar-refractivity contribution in [3.63, 3.8) is 0 Å². The Morgan fingerprint density at radius 1 is 1.03 bits per heavy atom. The second-order valence-corrected chi connectivity index (χ2v) is 8.87. The summed E-state index contributed by atoms with van der Waals surface area (Å²) in [6.07, 6.45) is 0. The van der Waals surface area contributed by atoms with Crippen LogP contribution in [0.4, 0.5) is 17.1 Å². The van der Waals surface area contributed by atoms with Crippen molar-refractivity contribution in [2.75, 3.05) is 10.0 Å². The van der Waals surface area contributed by atoms with Gasteiger partial charge in [0.2, 0.25) is 0 Å². The maximum absolute atomic E-state index is 12.7. The molecule has 0 saturated heterocycles. The zero-order valence-corrected chi connectivity index (χ0v) is 18.1. The molecule has 0 aromatic heterocycles. The van der Waals surface area contributed by atoms with E-state index >= 15 is 0 Å². The van der Waals surface area contributed by atoms with Crippen molar-refractivity contribution in [1.82, 2.24) is 0 Å². The predicted octanol–water partition coefficient (Wildman–Crippen LogP) is 4.92. The van der Waals surface area contributed by atoms with Gasteiger partial charge in [-0.05, 0) is 61.9 Å². The molecule has 0 bridgehead atoms. The van der Waals surface area contributed by atoms with Gasteiger partial charge in [0.05, 0.1) is 15.5 Å². The first kappa shape index (κ1) is 22.3. The number of aryl methyl sites for hydroxylation is 1. The molecule has 3 aromatic carbocycles. The maximum Gasteiger partial charge on any atom is 0.273 e. The van der Waals surface area contributed by atoms with Gasteiger partial charge < -0.3 is 5.32 Å². The fraction of sp³-hybridized carbons (Fsp3) is 0.0952. The van der Waals surface area contributed by atoms with Gasteiger partial charge in [-0.2, -0.15) is 0 Å². The monoisotopic (exact) mass is 459 g/mol. The number of amides is 1. The van der Waals surface area contributed by atoms with Crippen LogP contribution in [-0.2, 0) is 10.0 Å². The molecule has 0 fully saturated rings. The molecular formula is C21H18ClN3O5S. The summed E-state index contributed by atoms with van der Waals surface area (Å²) in [5, 5.41) is 14.1. The number of halogens is 1. The summed E-state index contributed by atoms with van der Waals surface area (Å²) in [5.41, 5.74) is 1.66. The molecule has 0 aliphatic carbocycles. The number of sulfonamides is 1. The average Bonchev–Trinajstić information content (AvgIpc) is 2.71. The molecular weight excluding hydrogens is 442 g/mol. The Labute approximate surface area is 184 Å². The first-order chi connectivity index (χ1) is 14.6. The molecule has 0 heterocycles. The number of nitro groups is 1. The van der Waals surface area contributed by atoms with Crippen molar-refractivity contribution in [1.29, 1.82) is 0 Å². The van der Waals surface area contributed by atoms with Gasteiger partial charge in [-0.1, -0.05) is 23.7 Å². The second kappa shape index (κ2) is 8.75. The number of hydrogen-bond donors (Lipinski definition) is 2. The molecule has 3 aromatic rings. The highest BCUT2D eigenvalue weighted by Gasteiger charge is 2.19. The third-order valence-corrected chi connectivity index (χ3v) is 6.23. The van der Waals surface area contributed by atoms with E-state index in [4.69, 9.17) is 11.6 Å². The van der Waals surface area contributed by atoms with Crippen LogP contribution in [0.25, 0.3) is 0 Å². The summed E-state index contributed by atoms with van der Waals surface area (Å²) in [6, 6.07) is 14.7. The second-order valence-electron chi connectivity index (χ2n) is 6.75. The zero-order valence-electron chi connectivity index (χ0n) is 16.5. The molecule has 0 spiro atoms. The number of nitrogens with one attached hydrogen (secondary N) is 2. The molecule has 0 unspecified atom stereocenters.